The van der Waals surface area contributed by atoms with E-state index in [0.717, 1.165) is 0 Å². The Morgan fingerprint density at radius 2 is 1.79 bits per heavy atom. The van der Waals surface area contributed by atoms with Gasteiger partial charge in [0.05, 0.1) is 6.04 Å². The minimum Gasteiger partial charge on any atom is -0.355 e. The van der Waals surface area contributed by atoms with Crippen molar-refractivity contribution >= 4 is 17.5 Å². The van der Waals surface area contributed by atoms with Crippen LogP contribution in [-0.4, -0.2) is 24.9 Å². The summed E-state index contributed by atoms with van der Waals surface area (Å²) in [5.41, 5.74) is 6.97. The molecule has 0 radical (unpaired) electrons. The second-order valence-electron chi connectivity index (χ2n) is 4.88. The van der Waals surface area contributed by atoms with Crippen LogP contribution in [0.1, 0.15) is 30.6 Å². The summed E-state index contributed by atoms with van der Waals surface area (Å²) in [7, 11) is 1.57. The van der Waals surface area contributed by atoms with Crippen molar-refractivity contribution in [2.24, 2.45) is 11.7 Å². The van der Waals surface area contributed by atoms with Crippen molar-refractivity contribution in [3.8, 4) is 0 Å². The fourth-order valence-corrected chi connectivity index (χ4v) is 1.70. The molecule has 19 heavy (non-hydrogen) atoms. The Balaban J connectivity index is 2.62. The number of hydrogen-bond donors (Lipinski definition) is 3. The normalized spacial score (nSPS) is 12.1. The zero-order chi connectivity index (χ0) is 14.4. The first kappa shape index (κ1) is 15.2. The maximum Gasteiger partial charge on any atom is 0.251 e. The van der Waals surface area contributed by atoms with Crippen molar-refractivity contribution in [3.63, 3.8) is 0 Å². The number of nitrogens with one attached hydrogen (secondary N) is 2. The van der Waals surface area contributed by atoms with Crippen molar-refractivity contribution < 1.29 is 9.59 Å². The first-order valence-electron chi connectivity index (χ1n) is 6.32. The highest BCUT2D eigenvalue weighted by atomic mass is 16.2. The van der Waals surface area contributed by atoms with Gasteiger partial charge in [-0.25, -0.2) is 0 Å². The highest BCUT2D eigenvalue weighted by Gasteiger charge is 2.15. The van der Waals surface area contributed by atoms with E-state index in [4.69, 9.17) is 5.73 Å². The Bertz CT molecular complexity index is 441. The summed E-state index contributed by atoms with van der Waals surface area (Å²) >= 11 is 0. The second kappa shape index (κ2) is 6.89. The number of carbonyl (C=O) groups is 2. The molecule has 0 spiro atoms. The van der Waals surface area contributed by atoms with E-state index in [1.54, 1.807) is 31.3 Å². The van der Waals surface area contributed by atoms with Gasteiger partial charge in [0, 0.05) is 18.3 Å². The molecule has 5 nitrogen and oxygen atoms in total. The number of rotatable bonds is 5. The molecule has 0 bridgehead atoms. The summed E-state index contributed by atoms with van der Waals surface area (Å²) in [6.07, 6.45) is 0.641. The Hall–Kier alpha value is -1.88. The first-order chi connectivity index (χ1) is 8.93. The van der Waals surface area contributed by atoms with E-state index >= 15 is 0 Å². The Labute approximate surface area is 113 Å². The quantitative estimate of drug-likeness (QED) is 0.750. The third kappa shape index (κ3) is 4.71. The number of carbonyl (C=O) groups excluding carboxylic acids is 2. The van der Waals surface area contributed by atoms with Crippen LogP contribution >= 0.6 is 0 Å². The van der Waals surface area contributed by atoms with E-state index in [1.807, 2.05) is 13.8 Å². The molecule has 0 saturated carbocycles. The molecule has 1 aromatic carbocycles. The van der Waals surface area contributed by atoms with Crippen molar-refractivity contribution in [1.29, 1.82) is 0 Å². The fourth-order valence-electron chi connectivity index (χ4n) is 1.70. The molecule has 0 aliphatic carbocycles. The number of hydrogen-bond acceptors (Lipinski definition) is 3. The van der Waals surface area contributed by atoms with Crippen LogP contribution in [0.15, 0.2) is 24.3 Å². The molecule has 2 amide bonds. The number of anilines is 1. The van der Waals surface area contributed by atoms with Gasteiger partial charge in [-0.2, -0.15) is 0 Å². The molecule has 0 heterocycles. The van der Waals surface area contributed by atoms with Gasteiger partial charge in [-0.3, -0.25) is 9.59 Å². The highest BCUT2D eigenvalue weighted by Crippen LogP contribution is 2.11. The van der Waals surface area contributed by atoms with Gasteiger partial charge in [-0.15, -0.1) is 0 Å². The van der Waals surface area contributed by atoms with Crippen molar-refractivity contribution in [2.75, 3.05) is 12.4 Å². The monoisotopic (exact) mass is 263 g/mol. The van der Waals surface area contributed by atoms with Gasteiger partial charge >= 0.3 is 0 Å². The average molecular weight is 263 g/mol. The molecule has 1 atom stereocenters. The predicted octanol–water partition coefficient (Wildman–Crippen LogP) is 1.36. The van der Waals surface area contributed by atoms with Crippen LogP contribution in [0, 0.1) is 5.92 Å². The third-order valence-corrected chi connectivity index (χ3v) is 2.70. The lowest BCUT2D eigenvalue weighted by molar-refractivity contribution is -0.117. The molecule has 104 valence electrons. The van der Waals surface area contributed by atoms with Crippen LogP contribution in [0.25, 0.3) is 0 Å². The molecule has 0 aromatic heterocycles. The van der Waals surface area contributed by atoms with Crippen molar-refractivity contribution in [3.05, 3.63) is 29.8 Å². The first-order valence-corrected chi connectivity index (χ1v) is 6.32. The third-order valence-electron chi connectivity index (χ3n) is 2.70. The topological polar surface area (TPSA) is 84.2 Å². The highest BCUT2D eigenvalue weighted by molar-refractivity contribution is 5.96. The van der Waals surface area contributed by atoms with E-state index in [9.17, 15) is 9.59 Å². The smallest absolute Gasteiger partial charge is 0.251 e. The largest absolute Gasteiger partial charge is 0.355 e. The lowest BCUT2D eigenvalue weighted by Crippen LogP contribution is -2.36. The van der Waals surface area contributed by atoms with Crippen molar-refractivity contribution in [2.45, 2.75) is 26.3 Å². The number of benzene rings is 1. The lowest BCUT2D eigenvalue weighted by Gasteiger charge is -2.14. The predicted molar refractivity (Wildman–Crippen MR) is 75.9 cm³/mol. The number of amides is 2. The van der Waals surface area contributed by atoms with E-state index in [1.165, 1.54) is 0 Å². The molecular weight excluding hydrogens is 242 g/mol. The summed E-state index contributed by atoms with van der Waals surface area (Å²) in [5, 5.41) is 5.27. The van der Waals surface area contributed by atoms with E-state index in [-0.39, 0.29) is 11.8 Å². The Morgan fingerprint density at radius 1 is 1.21 bits per heavy atom. The van der Waals surface area contributed by atoms with Crippen LogP contribution in [0.3, 0.4) is 0 Å². The van der Waals surface area contributed by atoms with Gasteiger partial charge < -0.3 is 16.4 Å². The minimum atomic E-state index is -0.515. The maximum atomic E-state index is 11.8. The summed E-state index contributed by atoms with van der Waals surface area (Å²) in [6.45, 7) is 4.04. The lowest BCUT2D eigenvalue weighted by atomic mass is 10.0. The van der Waals surface area contributed by atoms with E-state index in [0.29, 0.717) is 23.6 Å². The molecule has 0 saturated heterocycles. The average Bonchev–Trinajstić information content (AvgIpc) is 2.37. The summed E-state index contributed by atoms with van der Waals surface area (Å²) in [6, 6.07) is 6.17. The zero-order valence-electron chi connectivity index (χ0n) is 11.6. The molecule has 0 aliphatic rings. The van der Waals surface area contributed by atoms with Gasteiger partial charge in [-0.1, -0.05) is 13.8 Å². The molecule has 5 heteroatoms. The van der Waals surface area contributed by atoms with Gasteiger partial charge in [0.15, 0.2) is 0 Å². The fraction of sp³-hybridized carbons (Fsp3) is 0.429. The second-order valence-corrected chi connectivity index (χ2v) is 4.88. The SMILES string of the molecule is CNC(=O)c1ccc(NC(=O)[C@@H](N)CC(C)C)cc1. The standard InChI is InChI=1S/C14H21N3O2/c1-9(2)8-12(15)14(19)17-11-6-4-10(5-7-11)13(18)16-3/h4-7,9,12H,8,15H2,1-3H3,(H,16,18)(H,17,19)/t12-/m0/s1. The van der Waals surface area contributed by atoms with Gasteiger partial charge in [-0.05, 0) is 36.6 Å². The van der Waals surface area contributed by atoms with Crippen LogP contribution < -0.4 is 16.4 Å². The van der Waals surface area contributed by atoms with Crippen LogP contribution in [-0.2, 0) is 4.79 Å². The molecule has 0 fully saturated rings. The van der Waals surface area contributed by atoms with E-state index < -0.39 is 6.04 Å². The molecular formula is C14H21N3O2. The molecule has 0 aliphatic heterocycles. The minimum absolute atomic E-state index is 0.158. The summed E-state index contributed by atoms with van der Waals surface area (Å²) in [5.74, 6) is 0.00662. The van der Waals surface area contributed by atoms with Crippen LogP contribution in [0.5, 0.6) is 0 Å². The number of nitrogens with two attached hydrogens (primary N) is 1. The van der Waals surface area contributed by atoms with Gasteiger partial charge in [0.2, 0.25) is 5.91 Å². The van der Waals surface area contributed by atoms with E-state index in [2.05, 4.69) is 10.6 Å². The zero-order valence-corrected chi connectivity index (χ0v) is 11.6. The summed E-state index contributed by atoms with van der Waals surface area (Å²) in [4.78, 5) is 23.2. The Morgan fingerprint density at radius 3 is 2.26 bits per heavy atom. The molecule has 0 unspecified atom stereocenters. The van der Waals surface area contributed by atoms with Crippen LogP contribution in [0.2, 0.25) is 0 Å². The summed E-state index contributed by atoms with van der Waals surface area (Å²) < 4.78 is 0. The molecule has 1 rings (SSSR count). The van der Waals surface area contributed by atoms with Gasteiger partial charge in [0.25, 0.3) is 5.91 Å². The Kier molecular flexibility index (Phi) is 5.51. The molecule has 1 aromatic rings. The maximum absolute atomic E-state index is 11.8. The van der Waals surface area contributed by atoms with Crippen molar-refractivity contribution in [1.82, 2.24) is 5.32 Å². The molecule has 4 N–H and O–H groups in total. The van der Waals surface area contributed by atoms with Crippen LogP contribution in [0.4, 0.5) is 5.69 Å². The van der Waals surface area contributed by atoms with Gasteiger partial charge in [0.1, 0.15) is 0 Å².